The van der Waals surface area contributed by atoms with E-state index in [0.29, 0.717) is 34.6 Å². The Labute approximate surface area is 397 Å². The van der Waals surface area contributed by atoms with E-state index in [1.165, 1.54) is 101 Å². The minimum atomic E-state index is -1.03. The van der Waals surface area contributed by atoms with E-state index in [1.807, 2.05) is 6.92 Å². The molecule has 0 spiro atoms. The van der Waals surface area contributed by atoms with Crippen LogP contribution in [0.5, 0.6) is 0 Å². The average molecular weight is 973 g/mol. The lowest BCUT2D eigenvalue weighted by Crippen LogP contribution is -2.63. The second-order valence-corrected chi connectivity index (χ2v) is 18.5. The van der Waals surface area contributed by atoms with E-state index >= 15 is 0 Å². The number of aliphatic hydroxyl groups is 1. The molecule has 0 bridgehead atoms. The van der Waals surface area contributed by atoms with Crippen LogP contribution in [0.15, 0.2) is 88.4 Å². The molecule has 0 saturated carbocycles. The molecule has 24 heteroatoms. The van der Waals surface area contributed by atoms with Crippen LogP contribution in [0.4, 0.5) is 21.9 Å². The molecular weight excluding hydrogens is 925 g/mol. The number of aliphatic hydroxyl groups excluding tert-OH is 1. The summed E-state index contributed by atoms with van der Waals surface area (Å²) in [7, 11) is 0. The number of likely N-dealkylation sites (tertiary alicyclic amines) is 2. The highest BCUT2D eigenvalue weighted by Crippen LogP contribution is 2.52. The normalized spacial score (nSPS) is 22.4. The van der Waals surface area contributed by atoms with E-state index in [1.54, 1.807) is 4.90 Å². The first-order chi connectivity index (χ1) is 32.9. The van der Waals surface area contributed by atoms with E-state index in [2.05, 4.69) is 4.99 Å². The topological polar surface area (TPSA) is 311 Å². The van der Waals surface area contributed by atoms with Gasteiger partial charge in [-0.05, 0) is 78.8 Å². The molecule has 3 N–H and O–H groups in total. The van der Waals surface area contributed by atoms with Gasteiger partial charge in [-0.1, -0.05) is 6.92 Å². The standard InChI is InChI=1S/C45H48N8O15S/c1-25-39-38(26(2)54)43(57)50(39)40(44(58)67-23-28-5-11-32(12-6-28)52(62)63)41(25)69-34-17-35(49(21-34)45(59)68-24-29-7-13-33(14-8-29)53(64)65)42(56)48-16-15-30(20-48)19-47-36(46)18-37(55)66-22-27-3-9-31(10-4-27)51(60)61/h3-14,25-26,30,34-35,38-39,54H,15-24H2,1-2H3,(H2,46,47)/t25-,26-,30+,34+,35+,38-,39-/m1/s1. The molecule has 4 heterocycles. The van der Waals surface area contributed by atoms with Gasteiger partial charge in [0, 0.05) is 78.7 Å². The highest BCUT2D eigenvalue weighted by Gasteiger charge is 2.61. The first kappa shape index (κ1) is 49.4. The fourth-order valence-corrected chi connectivity index (χ4v) is 10.3. The lowest BCUT2D eigenvalue weighted by atomic mass is 9.79. The van der Waals surface area contributed by atoms with Crippen LogP contribution in [0.2, 0.25) is 0 Å². The number of non-ortho nitro benzene ring substituents is 3. The third-order valence-electron chi connectivity index (χ3n) is 12.4. The Hall–Kier alpha value is -7.47. The number of amides is 3. The summed E-state index contributed by atoms with van der Waals surface area (Å²) in [5, 5.41) is 43.3. The van der Waals surface area contributed by atoms with E-state index < -0.39 is 74.0 Å². The minimum Gasteiger partial charge on any atom is -0.460 e. The molecule has 4 aliphatic rings. The summed E-state index contributed by atoms with van der Waals surface area (Å²) in [5.74, 6) is -3.72. The number of amidine groups is 1. The largest absolute Gasteiger partial charge is 0.460 e. The van der Waals surface area contributed by atoms with Crippen LogP contribution in [-0.2, 0) is 53.2 Å². The number of esters is 2. The molecule has 0 radical (unpaired) electrons. The molecule has 69 heavy (non-hydrogen) atoms. The predicted octanol–water partition coefficient (Wildman–Crippen LogP) is 4.38. The number of nitrogens with two attached hydrogens (primary N) is 1. The van der Waals surface area contributed by atoms with Crippen LogP contribution >= 0.6 is 11.8 Å². The first-order valence-electron chi connectivity index (χ1n) is 21.9. The molecule has 4 aliphatic heterocycles. The quantitative estimate of drug-likeness (QED) is 0.0340. The summed E-state index contributed by atoms with van der Waals surface area (Å²) in [6, 6.07) is 14.8. The molecule has 364 valence electrons. The molecule has 0 unspecified atom stereocenters. The van der Waals surface area contributed by atoms with E-state index in [0.717, 1.165) is 0 Å². The predicted molar refractivity (Wildman–Crippen MR) is 243 cm³/mol. The number of β-lactam (4-membered cyclic amide) rings is 1. The van der Waals surface area contributed by atoms with Crippen molar-refractivity contribution in [2.75, 3.05) is 26.2 Å². The van der Waals surface area contributed by atoms with Crippen molar-refractivity contribution in [3.63, 3.8) is 0 Å². The number of ether oxygens (including phenoxy) is 3. The molecular formula is C45H48N8O15S. The minimum absolute atomic E-state index is 0.0155. The number of nitro benzene ring substituents is 3. The molecule has 7 rings (SSSR count). The van der Waals surface area contributed by atoms with Crippen molar-refractivity contribution in [3.8, 4) is 0 Å². The Morgan fingerprint density at radius 1 is 0.826 bits per heavy atom. The zero-order chi connectivity index (χ0) is 49.7. The Balaban J connectivity index is 1.04. The molecule has 0 aromatic heterocycles. The lowest BCUT2D eigenvalue weighted by molar-refractivity contribution is -0.385. The Bertz CT molecular complexity index is 2570. The molecule has 0 aliphatic carbocycles. The van der Waals surface area contributed by atoms with Gasteiger partial charge in [0.2, 0.25) is 11.8 Å². The van der Waals surface area contributed by atoms with Crippen LogP contribution in [-0.4, -0.2) is 120 Å². The average Bonchev–Trinajstić information content (AvgIpc) is 4.04. The second-order valence-electron chi connectivity index (χ2n) is 17.1. The van der Waals surface area contributed by atoms with Gasteiger partial charge in [-0.25, -0.2) is 9.59 Å². The van der Waals surface area contributed by atoms with Gasteiger partial charge in [-0.3, -0.25) is 54.6 Å². The van der Waals surface area contributed by atoms with Gasteiger partial charge in [-0.2, -0.15) is 0 Å². The summed E-state index contributed by atoms with van der Waals surface area (Å²) in [4.78, 5) is 109. The summed E-state index contributed by atoms with van der Waals surface area (Å²) < 4.78 is 16.6. The molecule has 3 amide bonds. The van der Waals surface area contributed by atoms with E-state index in [9.17, 15) is 59.4 Å². The third-order valence-corrected chi connectivity index (χ3v) is 13.9. The van der Waals surface area contributed by atoms with Crippen LogP contribution < -0.4 is 5.73 Å². The zero-order valence-electron chi connectivity index (χ0n) is 37.3. The van der Waals surface area contributed by atoms with Crippen LogP contribution in [0.1, 0.15) is 49.8 Å². The van der Waals surface area contributed by atoms with Gasteiger partial charge in [0.1, 0.15) is 43.8 Å². The number of nitro groups is 3. The van der Waals surface area contributed by atoms with Crippen LogP contribution in [0.25, 0.3) is 0 Å². The fraction of sp³-hybridized carbons (Fsp3) is 0.422. The van der Waals surface area contributed by atoms with Crippen molar-refractivity contribution in [1.82, 2.24) is 14.7 Å². The van der Waals surface area contributed by atoms with Crippen molar-refractivity contribution in [1.29, 1.82) is 0 Å². The highest BCUT2D eigenvalue weighted by atomic mass is 32.2. The van der Waals surface area contributed by atoms with Gasteiger partial charge < -0.3 is 34.9 Å². The number of carbonyl (C=O) groups excluding carboxylic acids is 5. The number of thioether (sulfide) groups is 1. The maximum atomic E-state index is 14.4. The van der Waals surface area contributed by atoms with E-state index in [4.69, 9.17) is 19.9 Å². The summed E-state index contributed by atoms with van der Waals surface area (Å²) >= 11 is 1.22. The van der Waals surface area contributed by atoms with Gasteiger partial charge >= 0.3 is 18.0 Å². The smallest absolute Gasteiger partial charge is 0.410 e. The molecule has 3 aromatic rings. The van der Waals surface area contributed by atoms with Crippen LogP contribution in [0, 0.1) is 48.1 Å². The number of nitrogens with zero attached hydrogens (tertiary/aromatic N) is 7. The number of carbonyl (C=O) groups is 5. The Morgan fingerprint density at radius 3 is 1.87 bits per heavy atom. The fourth-order valence-electron chi connectivity index (χ4n) is 8.81. The molecule has 7 atom stereocenters. The molecule has 3 aromatic carbocycles. The Kier molecular flexibility index (Phi) is 15.2. The number of rotatable bonds is 18. The van der Waals surface area contributed by atoms with E-state index in [-0.39, 0.29) is 92.7 Å². The zero-order valence-corrected chi connectivity index (χ0v) is 38.1. The monoisotopic (exact) mass is 972 g/mol. The first-order valence-corrected chi connectivity index (χ1v) is 22.7. The van der Waals surface area contributed by atoms with Crippen molar-refractivity contribution in [2.45, 2.75) is 76.4 Å². The maximum absolute atomic E-state index is 14.4. The maximum Gasteiger partial charge on any atom is 0.410 e. The van der Waals surface area contributed by atoms with Gasteiger partial charge in [0.15, 0.2) is 0 Å². The van der Waals surface area contributed by atoms with Crippen molar-refractivity contribution < 1.29 is 58.1 Å². The Morgan fingerprint density at radius 2 is 1.35 bits per heavy atom. The number of hydrogen-bond donors (Lipinski definition) is 2. The van der Waals surface area contributed by atoms with Gasteiger partial charge in [-0.15, -0.1) is 11.8 Å². The van der Waals surface area contributed by atoms with Crippen molar-refractivity contribution >= 4 is 64.5 Å². The lowest BCUT2D eigenvalue weighted by Gasteiger charge is -2.46. The molecule has 3 saturated heterocycles. The summed E-state index contributed by atoms with van der Waals surface area (Å²) in [5.41, 5.74) is 7.10. The summed E-state index contributed by atoms with van der Waals surface area (Å²) in [6.07, 6.45) is -1.51. The number of aliphatic imine (C=N–C) groups is 1. The van der Waals surface area contributed by atoms with Gasteiger partial charge in [0.25, 0.3) is 17.1 Å². The third kappa shape index (κ3) is 11.3. The van der Waals surface area contributed by atoms with Crippen molar-refractivity contribution in [2.24, 2.45) is 28.5 Å². The highest BCUT2D eigenvalue weighted by molar-refractivity contribution is 8.03. The van der Waals surface area contributed by atoms with Gasteiger partial charge in [0.05, 0.1) is 32.8 Å². The number of fused-ring (bicyclic) bond motifs is 1. The molecule has 23 nitrogen and oxygen atoms in total. The molecule has 3 fully saturated rings. The SMILES string of the molecule is C[C@@H](O)[C@H]1C(=O)N2C(C(=O)OCc3ccc([N+](=O)[O-])cc3)=C(S[C@H]3C[C@@H](C(=O)N4CC[C@@H](CN=C(N)CC(=O)OCc5ccc([N+](=O)[O-])cc5)C4)N(C(=O)OCc4ccc([N+](=O)[O-])cc4)C3)[C@H](C)[C@H]12. The number of hydrogen-bond acceptors (Lipinski definition) is 17. The second kappa shape index (κ2) is 21.2. The van der Waals surface area contributed by atoms with Crippen LogP contribution in [0.3, 0.4) is 0 Å². The van der Waals surface area contributed by atoms with Crippen molar-refractivity contribution in [3.05, 3.63) is 130 Å². The summed E-state index contributed by atoms with van der Waals surface area (Å²) in [6.45, 7) is 3.42. The number of benzene rings is 3.